The van der Waals surface area contributed by atoms with Gasteiger partial charge >= 0.3 is 7.12 Å². The van der Waals surface area contributed by atoms with Gasteiger partial charge in [-0.15, -0.1) is 0 Å². The van der Waals surface area contributed by atoms with Crippen molar-refractivity contribution in [3.63, 3.8) is 0 Å². The molecule has 0 saturated heterocycles. The highest BCUT2D eigenvalue weighted by Gasteiger charge is 2.16. The quantitative estimate of drug-likeness (QED) is 0.562. The van der Waals surface area contributed by atoms with Crippen molar-refractivity contribution in [1.29, 1.82) is 0 Å². The van der Waals surface area contributed by atoms with Gasteiger partial charge in [-0.05, 0) is 23.8 Å². The standard InChI is InChI=1S/C14H15BFNO3.H2/c16-14-9-12(4-5-13(14)15(18)19)20-7-6-10-2-1-3-11(17)8-10;/h1-5,8-9,18-19H,6-7,17H2;1H. The SMILES string of the molecule is Nc1cccc(CCOc2ccc(B(O)O)c(F)c2)c1.[HH]. The number of nitrogen functional groups attached to an aromatic ring is 1. The van der Waals surface area contributed by atoms with E-state index in [1.54, 1.807) is 6.07 Å². The molecule has 0 fully saturated rings. The third-order valence-electron chi connectivity index (χ3n) is 2.86. The minimum Gasteiger partial charge on any atom is -0.493 e. The lowest BCUT2D eigenvalue weighted by molar-refractivity contribution is 0.320. The second-order valence-electron chi connectivity index (χ2n) is 4.40. The van der Waals surface area contributed by atoms with Crippen molar-refractivity contribution >= 4 is 18.3 Å². The summed E-state index contributed by atoms with van der Waals surface area (Å²) in [5, 5.41) is 17.8. The zero-order chi connectivity index (χ0) is 14.5. The molecule has 2 aromatic carbocycles. The second kappa shape index (κ2) is 6.41. The van der Waals surface area contributed by atoms with Crippen LogP contribution in [0, 0.1) is 5.82 Å². The first kappa shape index (κ1) is 14.4. The van der Waals surface area contributed by atoms with Gasteiger partial charge < -0.3 is 20.5 Å². The molecule has 0 aromatic heterocycles. The van der Waals surface area contributed by atoms with Crippen LogP contribution in [0.25, 0.3) is 0 Å². The molecule has 0 aliphatic carbocycles. The smallest absolute Gasteiger partial charge is 0.491 e. The van der Waals surface area contributed by atoms with Crippen molar-refractivity contribution in [2.24, 2.45) is 0 Å². The van der Waals surface area contributed by atoms with Crippen LogP contribution in [-0.2, 0) is 6.42 Å². The third kappa shape index (κ3) is 3.72. The maximum Gasteiger partial charge on any atom is 0.491 e. The van der Waals surface area contributed by atoms with Crippen molar-refractivity contribution in [2.45, 2.75) is 6.42 Å². The van der Waals surface area contributed by atoms with Gasteiger partial charge in [-0.2, -0.15) is 0 Å². The molecule has 4 nitrogen and oxygen atoms in total. The molecule has 20 heavy (non-hydrogen) atoms. The van der Waals surface area contributed by atoms with Gasteiger partial charge in [-0.25, -0.2) is 4.39 Å². The number of hydrogen-bond donors (Lipinski definition) is 3. The number of nitrogens with two attached hydrogens (primary N) is 1. The van der Waals surface area contributed by atoms with Gasteiger partial charge in [0.2, 0.25) is 0 Å². The molecule has 0 aliphatic rings. The Morgan fingerprint density at radius 1 is 1.20 bits per heavy atom. The summed E-state index contributed by atoms with van der Waals surface area (Å²) in [5.74, 6) is -0.364. The Balaban J connectivity index is 0.00000220. The van der Waals surface area contributed by atoms with Gasteiger partial charge in [0, 0.05) is 25.1 Å². The van der Waals surface area contributed by atoms with Gasteiger partial charge in [0.25, 0.3) is 0 Å². The molecule has 0 amide bonds. The zero-order valence-corrected chi connectivity index (χ0v) is 10.8. The summed E-state index contributed by atoms with van der Waals surface area (Å²) < 4.78 is 18.9. The fourth-order valence-corrected chi connectivity index (χ4v) is 1.84. The Bertz CT molecular complexity index is 598. The number of benzene rings is 2. The molecular formula is C14H17BFNO3. The molecule has 0 radical (unpaired) electrons. The van der Waals surface area contributed by atoms with E-state index in [2.05, 4.69) is 0 Å². The van der Waals surface area contributed by atoms with Crippen molar-refractivity contribution in [3.8, 4) is 5.75 Å². The van der Waals surface area contributed by atoms with Crippen LogP contribution in [0.1, 0.15) is 6.99 Å². The molecule has 106 valence electrons. The second-order valence-corrected chi connectivity index (χ2v) is 4.40. The first-order valence-corrected chi connectivity index (χ1v) is 6.19. The fraction of sp³-hybridized carbons (Fsp3) is 0.143. The van der Waals surface area contributed by atoms with Crippen LogP contribution in [0.3, 0.4) is 0 Å². The molecule has 4 N–H and O–H groups in total. The lowest BCUT2D eigenvalue weighted by Gasteiger charge is -2.08. The lowest BCUT2D eigenvalue weighted by atomic mass is 9.80. The van der Waals surface area contributed by atoms with E-state index >= 15 is 0 Å². The molecule has 0 heterocycles. The van der Waals surface area contributed by atoms with Crippen molar-refractivity contribution < 1.29 is 20.6 Å². The lowest BCUT2D eigenvalue weighted by Crippen LogP contribution is -2.32. The Kier molecular flexibility index (Phi) is 4.60. The van der Waals surface area contributed by atoms with Gasteiger partial charge in [-0.1, -0.05) is 18.2 Å². The van der Waals surface area contributed by atoms with E-state index in [1.165, 1.54) is 12.1 Å². The number of anilines is 1. The van der Waals surface area contributed by atoms with E-state index in [4.69, 9.17) is 20.5 Å². The summed E-state index contributed by atoms with van der Waals surface area (Å²) >= 11 is 0. The summed E-state index contributed by atoms with van der Waals surface area (Å²) in [7, 11) is -1.82. The predicted molar refractivity (Wildman–Crippen MR) is 78.4 cm³/mol. The van der Waals surface area contributed by atoms with E-state index in [-0.39, 0.29) is 6.89 Å². The zero-order valence-electron chi connectivity index (χ0n) is 10.8. The Morgan fingerprint density at radius 2 is 2.00 bits per heavy atom. The van der Waals surface area contributed by atoms with E-state index in [1.807, 2.05) is 18.2 Å². The number of hydrogen-bond acceptors (Lipinski definition) is 4. The van der Waals surface area contributed by atoms with Crippen LogP contribution in [0.15, 0.2) is 42.5 Å². The average Bonchev–Trinajstić information content (AvgIpc) is 2.38. The minimum absolute atomic E-state index is 0. The van der Waals surface area contributed by atoms with Gasteiger partial charge in [0.1, 0.15) is 11.6 Å². The highest BCUT2D eigenvalue weighted by molar-refractivity contribution is 6.58. The maximum absolute atomic E-state index is 13.5. The highest BCUT2D eigenvalue weighted by atomic mass is 19.1. The number of ether oxygens (including phenoxy) is 1. The molecule has 2 aromatic rings. The Hall–Kier alpha value is -2.05. The van der Waals surface area contributed by atoms with E-state index < -0.39 is 12.9 Å². The van der Waals surface area contributed by atoms with Crippen molar-refractivity contribution in [2.75, 3.05) is 12.3 Å². The molecule has 2 rings (SSSR count). The predicted octanol–water partition coefficient (Wildman–Crippen LogP) is 0.955. The monoisotopic (exact) mass is 277 g/mol. The Labute approximate surface area is 118 Å². The van der Waals surface area contributed by atoms with Crippen LogP contribution in [0.2, 0.25) is 0 Å². The van der Waals surface area contributed by atoms with Crippen LogP contribution < -0.4 is 15.9 Å². The largest absolute Gasteiger partial charge is 0.493 e. The molecule has 0 bridgehead atoms. The fourth-order valence-electron chi connectivity index (χ4n) is 1.84. The van der Waals surface area contributed by atoms with E-state index in [0.717, 1.165) is 11.6 Å². The van der Waals surface area contributed by atoms with Gasteiger partial charge in [0.15, 0.2) is 0 Å². The van der Waals surface area contributed by atoms with Gasteiger partial charge in [0.05, 0.1) is 6.61 Å². The molecule has 6 heteroatoms. The summed E-state index contributed by atoms with van der Waals surface area (Å²) in [6, 6.07) is 11.4. The highest BCUT2D eigenvalue weighted by Crippen LogP contribution is 2.13. The van der Waals surface area contributed by atoms with E-state index in [9.17, 15) is 4.39 Å². The molecule has 0 atom stereocenters. The maximum atomic E-state index is 13.5. The van der Waals surface area contributed by atoms with Crippen LogP contribution in [0.5, 0.6) is 5.75 Å². The summed E-state index contributed by atoms with van der Waals surface area (Å²) in [6.07, 6.45) is 0.650. The molecule has 0 saturated carbocycles. The summed E-state index contributed by atoms with van der Waals surface area (Å²) in [4.78, 5) is 0. The first-order chi connectivity index (χ1) is 9.56. The topological polar surface area (TPSA) is 75.7 Å². The number of halogens is 1. The number of rotatable bonds is 5. The van der Waals surface area contributed by atoms with E-state index in [0.29, 0.717) is 24.5 Å². The molecule has 0 spiro atoms. The average molecular weight is 277 g/mol. The molecular weight excluding hydrogens is 260 g/mol. The van der Waals surface area contributed by atoms with Gasteiger partial charge in [-0.3, -0.25) is 0 Å². The summed E-state index contributed by atoms with van der Waals surface area (Å²) in [5.41, 5.74) is 7.22. The Morgan fingerprint density at radius 3 is 2.65 bits per heavy atom. The molecule has 0 unspecified atom stereocenters. The summed E-state index contributed by atoms with van der Waals surface area (Å²) in [6.45, 7) is 0.379. The normalized spacial score (nSPS) is 10.3. The van der Waals surface area contributed by atoms with Crippen LogP contribution >= 0.6 is 0 Å². The molecule has 0 aliphatic heterocycles. The van der Waals surface area contributed by atoms with Crippen molar-refractivity contribution in [1.82, 2.24) is 0 Å². The minimum atomic E-state index is -1.82. The van der Waals surface area contributed by atoms with Crippen LogP contribution in [0.4, 0.5) is 10.1 Å². The first-order valence-electron chi connectivity index (χ1n) is 6.19. The van der Waals surface area contributed by atoms with Crippen molar-refractivity contribution in [3.05, 3.63) is 53.8 Å². The van der Waals surface area contributed by atoms with Crippen LogP contribution in [-0.4, -0.2) is 23.8 Å². The third-order valence-corrected chi connectivity index (χ3v) is 2.86.